The van der Waals surface area contributed by atoms with Crippen LogP contribution in [0.5, 0.6) is 5.75 Å². The molecule has 0 spiro atoms. The van der Waals surface area contributed by atoms with Crippen LogP contribution in [-0.2, 0) is 46.3 Å². The first-order valence-electron chi connectivity index (χ1n) is 20.1. The zero-order chi connectivity index (χ0) is 44.1. The van der Waals surface area contributed by atoms with Crippen molar-refractivity contribution in [3.05, 3.63) is 125 Å². The zero-order valence-electron chi connectivity index (χ0n) is 34.1. The number of aromatic hydroxyl groups is 1. The van der Waals surface area contributed by atoms with Gasteiger partial charge in [0, 0.05) is 44.1 Å². The summed E-state index contributed by atoms with van der Waals surface area (Å²) in [4.78, 5) is 90.8. The number of ether oxygens (including phenoxy) is 1. The number of carbonyl (C=O) groups excluding carboxylic acids is 7. The fraction of sp³-hybridized carbons (Fsp3) is 0.326. The van der Waals surface area contributed by atoms with E-state index in [0.29, 0.717) is 5.56 Å². The molecule has 15 nitrogen and oxygen atoms in total. The fourth-order valence-corrected chi connectivity index (χ4v) is 7.16. The van der Waals surface area contributed by atoms with E-state index in [1.807, 2.05) is 48.5 Å². The molecule has 5 rings (SSSR count). The summed E-state index contributed by atoms with van der Waals surface area (Å²) in [6, 6.07) is 26.5. The Morgan fingerprint density at radius 2 is 1.21 bits per heavy atom. The Labute approximate surface area is 354 Å². The first-order valence-corrected chi connectivity index (χ1v) is 20.1. The summed E-state index contributed by atoms with van der Waals surface area (Å²) in [5.41, 5.74) is 16.8. The lowest BCUT2D eigenvalue weighted by molar-refractivity contribution is -0.133. The van der Waals surface area contributed by atoms with Crippen LogP contribution in [0.25, 0.3) is 11.1 Å². The molecule has 5 amide bonds. The van der Waals surface area contributed by atoms with Crippen LogP contribution < -0.4 is 32.7 Å². The Morgan fingerprint density at radius 1 is 0.639 bits per heavy atom. The van der Waals surface area contributed by atoms with Crippen LogP contribution in [0.2, 0.25) is 0 Å². The van der Waals surface area contributed by atoms with Gasteiger partial charge in [-0.2, -0.15) is 0 Å². The maximum absolute atomic E-state index is 13.7. The van der Waals surface area contributed by atoms with Crippen molar-refractivity contribution in [2.24, 2.45) is 17.4 Å². The zero-order valence-corrected chi connectivity index (χ0v) is 34.1. The molecule has 0 saturated heterocycles. The van der Waals surface area contributed by atoms with Gasteiger partial charge in [-0.3, -0.25) is 28.8 Å². The molecule has 1 aliphatic carbocycles. The number of Topliss-reactive ketones (excluding diaryl/α,β-unsaturated/α-hetero) is 2. The van der Waals surface area contributed by atoms with Crippen LogP contribution >= 0.6 is 0 Å². The van der Waals surface area contributed by atoms with Crippen molar-refractivity contribution in [1.82, 2.24) is 21.3 Å². The van der Waals surface area contributed by atoms with Crippen LogP contribution in [0.15, 0.2) is 103 Å². The molecule has 1 aliphatic rings. The van der Waals surface area contributed by atoms with E-state index in [9.17, 15) is 38.7 Å². The Bertz CT molecular complexity index is 2170. The molecule has 0 bridgehead atoms. The first-order chi connectivity index (χ1) is 29.2. The molecule has 4 aromatic carbocycles. The Kier molecular flexibility index (Phi) is 15.9. The monoisotopic (exact) mass is 832 g/mol. The lowest BCUT2D eigenvalue weighted by Gasteiger charge is -2.22. The second-order valence-electron chi connectivity index (χ2n) is 15.2. The lowest BCUT2D eigenvalue weighted by Crippen LogP contribution is -2.56. The minimum absolute atomic E-state index is 0.0296. The van der Waals surface area contributed by atoms with Crippen LogP contribution in [0.1, 0.15) is 61.3 Å². The standard InChI is InChI=1S/C46H52N6O9/c1-27(44(58)49-28(2)40(54)20-21-42(56)50-39(25-47)45(59)51-38(43(48)57)24-29-10-4-3-5-11-29)22-41(55)37(23-30-16-18-31(53)19-17-30)52-46(60)61-26-36-34-14-8-6-12-32(34)33-13-7-9-15-35(33)36/h3-19,27-28,36-39,53H,20-26,47H2,1-2H3,(H2,48,57)(H,49,58)(H,50,56)(H,51,59)(H,52,60)/t27-,28+,37+,38+,39+/m1/s1. The van der Waals surface area contributed by atoms with Gasteiger partial charge in [-0.15, -0.1) is 0 Å². The van der Waals surface area contributed by atoms with Crippen molar-refractivity contribution in [2.45, 2.75) is 76.0 Å². The number of ketones is 2. The van der Waals surface area contributed by atoms with Gasteiger partial charge in [0.15, 0.2) is 11.6 Å². The van der Waals surface area contributed by atoms with E-state index < -0.39 is 71.4 Å². The number of phenols is 1. The van der Waals surface area contributed by atoms with Gasteiger partial charge in [0.2, 0.25) is 23.6 Å². The molecule has 4 aromatic rings. The second kappa shape index (κ2) is 21.4. The molecule has 5 atom stereocenters. The molecule has 0 heterocycles. The molecule has 320 valence electrons. The van der Waals surface area contributed by atoms with E-state index in [1.54, 1.807) is 42.5 Å². The summed E-state index contributed by atoms with van der Waals surface area (Å²) in [7, 11) is 0. The molecule has 0 fully saturated rings. The largest absolute Gasteiger partial charge is 0.508 e. The van der Waals surface area contributed by atoms with Crippen molar-refractivity contribution in [1.29, 1.82) is 0 Å². The van der Waals surface area contributed by atoms with Crippen LogP contribution in [0.4, 0.5) is 4.79 Å². The van der Waals surface area contributed by atoms with Gasteiger partial charge in [0.25, 0.3) is 0 Å². The first kappa shape index (κ1) is 45.2. The Morgan fingerprint density at radius 3 is 1.82 bits per heavy atom. The SMILES string of the molecule is C[C@H](CC(=O)[C@H](Cc1ccc(O)cc1)NC(=O)OCC1c2ccccc2-c2ccccc21)C(=O)N[C@@H](C)C(=O)CCC(=O)N[C@@H](CN)C(=O)N[C@@H](Cc1ccccc1)C(N)=O. The number of benzene rings is 4. The third-order valence-electron chi connectivity index (χ3n) is 10.6. The van der Waals surface area contributed by atoms with Crippen LogP contribution in [0.3, 0.4) is 0 Å². The minimum Gasteiger partial charge on any atom is -0.508 e. The number of hydrogen-bond acceptors (Lipinski definition) is 10. The number of amides is 5. The van der Waals surface area contributed by atoms with E-state index in [-0.39, 0.29) is 56.9 Å². The fourth-order valence-electron chi connectivity index (χ4n) is 7.16. The predicted molar refractivity (Wildman–Crippen MR) is 227 cm³/mol. The van der Waals surface area contributed by atoms with Gasteiger partial charge in [-0.05, 0) is 58.9 Å². The van der Waals surface area contributed by atoms with Crippen LogP contribution in [0, 0.1) is 5.92 Å². The molecule has 15 heteroatoms. The maximum Gasteiger partial charge on any atom is 0.407 e. The molecule has 0 unspecified atom stereocenters. The van der Waals surface area contributed by atoms with Gasteiger partial charge in [0.1, 0.15) is 24.4 Å². The maximum atomic E-state index is 13.7. The highest BCUT2D eigenvalue weighted by Gasteiger charge is 2.31. The molecule has 0 aliphatic heterocycles. The number of nitrogens with one attached hydrogen (secondary N) is 4. The molecule has 9 N–H and O–H groups in total. The number of hydrogen-bond donors (Lipinski definition) is 7. The van der Waals surface area contributed by atoms with Gasteiger partial charge < -0.3 is 42.6 Å². The van der Waals surface area contributed by atoms with Crippen molar-refractivity contribution in [2.75, 3.05) is 13.2 Å². The normalized spacial score (nSPS) is 14.1. The summed E-state index contributed by atoms with van der Waals surface area (Å²) >= 11 is 0. The Hall–Kier alpha value is -6.87. The summed E-state index contributed by atoms with van der Waals surface area (Å²) in [5, 5.41) is 20.0. The number of phenolic OH excluding ortho intramolecular Hbond substituents is 1. The molecular weight excluding hydrogens is 781 g/mol. The molecule has 61 heavy (non-hydrogen) atoms. The lowest BCUT2D eigenvalue weighted by atomic mass is 9.94. The minimum atomic E-state index is -1.20. The van der Waals surface area contributed by atoms with E-state index >= 15 is 0 Å². The third-order valence-corrected chi connectivity index (χ3v) is 10.6. The van der Waals surface area contributed by atoms with E-state index in [0.717, 1.165) is 27.8 Å². The van der Waals surface area contributed by atoms with E-state index in [1.165, 1.54) is 26.0 Å². The van der Waals surface area contributed by atoms with Crippen molar-refractivity contribution in [3.8, 4) is 16.9 Å². The average Bonchev–Trinajstić information content (AvgIpc) is 3.57. The van der Waals surface area contributed by atoms with Crippen LogP contribution in [-0.4, -0.2) is 83.7 Å². The van der Waals surface area contributed by atoms with E-state index in [2.05, 4.69) is 21.3 Å². The van der Waals surface area contributed by atoms with Crippen molar-refractivity contribution < 1.29 is 43.4 Å². The summed E-state index contributed by atoms with van der Waals surface area (Å²) in [5.74, 6) is -4.75. The highest BCUT2D eigenvalue weighted by Crippen LogP contribution is 2.44. The number of rotatable bonds is 21. The highest BCUT2D eigenvalue weighted by atomic mass is 16.5. The predicted octanol–water partition coefficient (Wildman–Crippen LogP) is 2.95. The Balaban J connectivity index is 1.11. The number of alkyl carbamates (subject to hydrolysis) is 1. The van der Waals surface area contributed by atoms with Crippen molar-refractivity contribution >= 4 is 41.3 Å². The van der Waals surface area contributed by atoms with E-state index in [4.69, 9.17) is 16.2 Å². The number of carbonyl (C=O) groups is 7. The van der Waals surface area contributed by atoms with Gasteiger partial charge in [-0.1, -0.05) is 97.9 Å². The van der Waals surface area contributed by atoms with Gasteiger partial charge in [0.05, 0.1) is 12.1 Å². The summed E-state index contributed by atoms with van der Waals surface area (Å²) in [6.45, 7) is 2.71. The number of nitrogens with two attached hydrogens (primary N) is 2. The number of fused-ring (bicyclic) bond motifs is 3. The van der Waals surface area contributed by atoms with Gasteiger partial charge >= 0.3 is 6.09 Å². The molecule has 0 aromatic heterocycles. The molecule has 0 radical (unpaired) electrons. The second-order valence-corrected chi connectivity index (χ2v) is 15.2. The molecule has 0 saturated carbocycles. The molecular formula is C46H52N6O9. The summed E-state index contributed by atoms with van der Waals surface area (Å²) < 4.78 is 5.70. The topological polar surface area (TPSA) is 249 Å². The quantitative estimate of drug-likeness (QED) is 0.0647. The average molecular weight is 833 g/mol. The van der Waals surface area contributed by atoms with Gasteiger partial charge in [-0.25, -0.2) is 4.79 Å². The van der Waals surface area contributed by atoms with Crippen molar-refractivity contribution in [3.63, 3.8) is 0 Å². The highest BCUT2D eigenvalue weighted by molar-refractivity contribution is 5.96. The third kappa shape index (κ3) is 12.6. The number of primary amides is 1. The smallest absolute Gasteiger partial charge is 0.407 e. The summed E-state index contributed by atoms with van der Waals surface area (Å²) in [6.07, 6.45) is -1.50.